The van der Waals surface area contributed by atoms with Crippen LogP contribution < -0.4 is 5.32 Å². The summed E-state index contributed by atoms with van der Waals surface area (Å²) in [7, 11) is -2.23. The van der Waals surface area contributed by atoms with Crippen LogP contribution >= 0.6 is 0 Å². The summed E-state index contributed by atoms with van der Waals surface area (Å²) in [6.07, 6.45) is 0.492. The third kappa shape index (κ3) is 7.72. The summed E-state index contributed by atoms with van der Waals surface area (Å²) in [5.74, 6) is -1.15. The van der Waals surface area contributed by atoms with Crippen molar-refractivity contribution in [2.75, 3.05) is 20.1 Å². The van der Waals surface area contributed by atoms with Gasteiger partial charge >= 0.3 is 0 Å². The second kappa shape index (κ2) is 13.8. The van der Waals surface area contributed by atoms with Gasteiger partial charge in [-0.25, -0.2) is 17.1 Å². The molecule has 9 heteroatoms. The predicted molar refractivity (Wildman–Crippen MR) is 145 cm³/mol. The number of benzene rings is 3. The van der Waals surface area contributed by atoms with E-state index in [-0.39, 0.29) is 49.1 Å². The summed E-state index contributed by atoms with van der Waals surface area (Å²) >= 11 is 0. The van der Waals surface area contributed by atoms with Gasteiger partial charge in [-0.3, -0.25) is 9.59 Å². The highest BCUT2D eigenvalue weighted by atomic mass is 32.2. The first-order chi connectivity index (χ1) is 18.2. The molecule has 3 rings (SSSR count). The first-order valence-corrected chi connectivity index (χ1v) is 14.0. The Kier molecular flexibility index (Phi) is 10.6. The van der Waals surface area contributed by atoms with Crippen LogP contribution in [0.5, 0.6) is 0 Å². The molecular weight excluding hydrogens is 505 g/mol. The van der Waals surface area contributed by atoms with Gasteiger partial charge in [-0.15, -0.1) is 0 Å². The lowest BCUT2D eigenvalue weighted by Crippen LogP contribution is -2.50. The molecule has 0 bridgehead atoms. The Morgan fingerprint density at radius 1 is 0.921 bits per heavy atom. The van der Waals surface area contributed by atoms with Gasteiger partial charge in [0.1, 0.15) is 11.9 Å². The molecule has 0 aromatic heterocycles. The van der Waals surface area contributed by atoms with Crippen molar-refractivity contribution in [1.29, 1.82) is 0 Å². The van der Waals surface area contributed by atoms with Gasteiger partial charge in [0.05, 0.1) is 4.90 Å². The monoisotopic (exact) mass is 539 g/mol. The van der Waals surface area contributed by atoms with Crippen LogP contribution in [0.25, 0.3) is 0 Å². The largest absolute Gasteiger partial charge is 0.355 e. The fourth-order valence-electron chi connectivity index (χ4n) is 4.15. The van der Waals surface area contributed by atoms with Crippen molar-refractivity contribution in [3.8, 4) is 0 Å². The van der Waals surface area contributed by atoms with E-state index >= 15 is 0 Å². The Labute approximate surface area is 224 Å². The molecule has 7 nitrogen and oxygen atoms in total. The van der Waals surface area contributed by atoms with Crippen LogP contribution in [0.15, 0.2) is 89.8 Å². The van der Waals surface area contributed by atoms with E-state index < -0.39 is 21.9 Å². The minimum absolute atomic E-state index is 0.00615. The Morgan fingerprint density at radius 2 is 1.53 bits per heavy atom. The van der Waals surface area contributed by atoms with Crippen LogP contribution in [0.3, 0.4) is 0 Å². The molecule has 0 aliphatic carbocycles. The molecule has 0 aliphatic heterocycles. The number of carbonyl (C=O) groups is 2. The second-order valence-electron chi connectivity index (χ2n) is 8.96. The standard InChI is InChI=1S/C29H34FN3O4S/c1-3-31-29(35)27(21-23-13-6-4-7-14-23)33(22-24-15-10-11-18-26(24)30)28(34)19-12-20-32(2)38(36,37)25-16-8-5-9-17-25/h4-11,13-18,27H,3,12,19-22H2,1-2H3,(H,31,35)/t27-/m1/s1. The molecular formula is C29H34FN3O4S. The topological polar surface area (TPSA) is 86.8 Å². The first kappa shape index (κ1) is 29.0. The van der Waals surface area contributed by atoms with Crippen molar-refractivity contribution in [1.82, 2.24) is 14.5 Å². The predicted octanol–water partition coefficient (Wildman–Crippen LogP) is 4.00. The number of hydrogen-bond acceptors (Lipinski definition) is 4. The van der Waals surface area contributed by atoms with Crippen molar-refractivity contribution in [2.24, 2.45) is 0 Å². The summed E-state index contributed by atoms with van der Waals surface area (Å²) < 4.78 is 41.5. The molecule has 0 fully saturated rings. The van der Waals surface area contributed by atoms with Gasteiger partial charge in [0, 0.05) is 45.1 Å². The molecule has 38 heavy (non-hydrogen) atoms. The number of amides is 2. The number of sulfonamides is 1. The molecule has 0 aliphatic rings. The normalized spacial score (nSPS) is 12.2. The second-order valence-corrected chi connectivity index (χ2v) is 11.0. The summed E-state index contributed by atoms with van der Waals surface area (Å²) in [6.45, 7) is 2.21. The highest BCUT2D eigenvalue weighted by Gasteiger charge is 2.31. The first-order valence-electron chi connectivity index (χ1n) is 12.6. The molecule has 1 atom stereocenters. The molecule has 0 spiro atoms. The van der Waals surface area contributed by atoms with Gasteiger partial charge in [-0.05, 0) is 37.1 Å². The average molecular weight is 540 g/mol. The third-order valence-electron chi connectivity index (χ3n) is 6.24. The smallest absolute Gasteiger partial charge is 0.243 e. The van der Waals surface area contributed by atoms with E-state index in [1.807, 2.05) is 30.3 Å². The lowest BCUT2D eigenvalue weighted by Gasteiger charge is -2.32. The maximum atomic E-state index is 14.6. The highest BCUT2D eigenvalue weighted by molar-refractivity contribution is 7.89. The van der Waals surface area contributed by atoms with Crippen LogP contribution in [0, 0.1) is 5.82 Å². The van der Waals surface area contributed by atoms with Crippen LogP contribution in [0.2, 0.25) is 0 Å². The van der Waals surface area contributed by atoms with Gasteiger partial charge in [-0.2, -0.15) is 0 Å². The molecule has 0 heterocycles. The molecule has 0 unspecified atom stereocenters. The minimum Gasteiger partial charge on any atom is -0.355 e. The number of carbonyl (C=O) groups excluding carboxylic acids is 2. The summed E-state index contributed by atoms with van der Waals surface area (Å²) in [4.78, 5) is 28.3. The van der Waals surface area contributed by atoms with Crippen LogP contribution in [0.1, 0.15) is 30.9 Å². The molecule has 0 radical (unpaired) electrons. The fraction of sp³-hybridized carbons (Fsp3) is 0.310. The van der Waals surface area contributed by atoms with Crippen LogP contribution in [-0.2, 0) is 32.6 Å². The van der Waals surface area contributed by atoms with Crippen LogP contribution in [-0.4, -0.2) is 55.6 Å². The van der Waals surface area contributed by atoms with E-state index in [1.165, 1.54) is 34.5 Å². The summed E-state index contributed by atoms with van der Waals surface area (Å²) in [6, 6.07) is 22.7. The van der Waals surface area contributed by atoms with E-state index in [4.69, 9.17) is 0 Å². The maximum absolute atomic E-state index is 14.6. The van der Waals surface area contributed by atoms with Crippen LogP contribution in [0.4, 0.5) is 4.39 Å². The van der Waals surface area contributed by atoms with Crippen molar-refractivity contribution in [2.45, 2.75) is 43.7 Å². The van der Waals surface area contributed by atoms with Crippen molar-refractivity contribution in [3.63, 3.8) is 0 Å². The zero-order valence-electron chi connectivity index (χ0n) is 21.7. The Balaban J connectivity index is 1.81. The third-order valence-corrected chi connectivity index (χ3v) is 8.11. The zero-order chi connectivity index (χ0) is 27.5. The van der Waals surface area contributed by atoms with Gasteiger partial charge < -0.3 is 10.2 Å². The van der Waals surface area contributed by atoms with Gasteiger partial charge in [0.25, 0.3) is 0 Å². The lowest BCUT2D eigenvalue weighted by atomic mass is 10.0. The van der Waals surface area contributed by atoms with Crippen molar-refractivity contribution in [3.05, 3.63) is 102 Å². The summed E-state index contributed by atoms with van der Waals surface area (Å²) in [5, 5.41) is 2.80. The fourth-order valence-corrected chi connectivity index (χ4v) is 5.38. The molecule has 1 N–H and O–H groups in total. The molecule has 0 saturated heterocycles. The van der Waals surface area contributed by atoms with E-state index in [1.54, 1.807) is 43.3 Å². The van der Waals surface area contributed by atoms with Gasteiger partial charge in [-0.1, -0.05) is 66.7 Å². The number of halogens is 1. The Morgan fingerprint density at radius 3 is 2.16 bits per heavy atom. The quantitative estimate of drug-likeness (QED) is 0.356. The molecule has 2 amide bonds. The molecule has 3 aromatic rings. The van der Waals surface area contributed by atoms with Crippen molar-refractivity contribution < 1.29 is 22.4 Å². The van der Waals surface area contributed by atoms with E-state index in [2.05, 4.69) is 5.32 Å². The highest BCUT2D eigenvalue weighted by Crippen LogP contribution is 2.19. The van der Waals surface area contributed by atoms with Crippen molar-refractivity contribution >= 4 is 21.8 Å². The van der Waals surface area contributed by atoms with Gasteiger partial charge in [0.15, 0.2) is 0 Å². The number of hydrogen-bond donors (Lipinski definition) is 1. The Bertz CT molecular complexity index is 1300. The minimum atomic E-state index is -3.69. The number of rotatable bonds is 13. The lowest BCUT2D eigenvalue weighted by molar-refractivity contribution is -0.141. The maximum Gasteiger partial charge on any atom is 0.243 e. The summed E-state index contributed by atoms with van der Waals surface area (Å²) in [5.41, 5.74) is 1.16. The SMILES string of the molecule is CCNC(=O)[C@@H](Cc1ccccc1)N(Cc1ccccc1F)C(=O)CCCN(C)S(=O)(=O)c1ccccc1. The number of nitrogens with one attached hydrogen (secondary N) is 1. The van der Waals surface area contributed by atoms with E-state index in [9.17, 15) is 22.4 Å². The number of likely N-dealkylation sites (N-methyl/N-ethyl adjacent to an activating group) is 1. The molecule has 0 saturated carbocycles. The van der Waals surface area contributed by atoms with E-state index in [0.717, 1.165) is 5.56 Å². The zero-order valence-corrected chi connectivity index (χ0v) is 22.5. The number of nitrogens with zero attached hydrogens (tertiary/aromatic N) is 2. The molecule has 202 valence electrons. The average Bonchev–Trinajstić information content (AvgIpc) is 2.92. The Hall–Kier alpha value is -3.56. The van der Waals surface area contributed by atoms with Gasteiger partial charge in [0.2, 0.25) is 21.8 Å². The molecule has 3 aromatic carbocycles. The van der Waals surface area contributed by atoms with E-state index in [0.29, 0.717) is 12.1 Å².